The average molecular weight is 388 g/mol. The van der Waals surface area contributed by atoms with Gasteiger partial charge in [0.15, 0.2) is 0 Å². The van der Waals surface area contributed by atoms with E-state index in [0.717, 1.165) is 41.8 Å². The molecule has 1 N–H and O–H groups in total. The highest BCUT2D eigenvalue weighted by Crippen LogP contribution is 2.39. The third-order valence-corrected chi connectivity index (χ3v) is 5.97. The third kappa shape index (κ3) is 3.99. The molecule has 2 heterocycles. The molecule has 0 spiro atoms. The summed E-state index contributed by atoms with van der Waals surface area (Å²) in [6.07, 6.45) is 4.24. The van der Waals surface area contributed by atoms with Gasteiger partial charge in [0.25, 0.3) is 0 Å². The number of carbonyl (C=O) groups is 1. The molecule has 4 nitrogen and oxygen atoms in total. The van der Waals surface area contributed by atoms with E-state index in [9.17, 15) is 4.79 Å². The molecule has 0 aliphatic carbocycles. The molecule has 29 heavy (non-hydrogen) atoms. The fraction of sp³-hybridized carbons (Fsp3) is 0.320. The fourth-order valence-corrected chi connectivity index (χ4v) is 4.44. The van der Waals surface area contributed by atoms with Crippen molar-refractivity contribution in [2.24, 2.45) is 7.05 Å². The van der Waals surface area contributed by atoms with Crippen LogP contribution >= 0.6 is 0 Å². The first-order valence-electron chi connectivity index (χ1n) is 10.3. The summed E-state index contributed by atoms with van der Waals surface area (Å²) in [6, 6.07) is 20.5. The minimum absolute atomic E-state index is 0.0333. The Morgan fingerprint density at radius 1 is 1.07 bits per heavy atom. The number of anilines is 1. The summed E-state index contributed by atoms with van der Waals surface area (Å²) >= 11 is 0. The molecule has 3 aromatic rings. The van der Waals surface area contributed by atoms with Gasteiger partial charge in [-0.15, -0.1) is 0 Å². The molecule has 0 radical (unpaired) electrons. The van der Waals surface area contributed by atoms with Gasteiger partial charge in [-0.2, -0.15) is 0 Å². The maximum Gasteiger partial charge on any atom is 0.246 e. The number of carbonyl (C=O) groups excluding carboxylic acids is 1. The van der Waals surface area contributed by atoms with E-state index in [4.69, 9.17) is 0 Å². The van der Waals surface area contributed by atoms with Crippen LogP contribution < -0.4 is 5.32 Å². The van der Waals surface area contributed by atoms with Crippen molar-refractivity contribution < 1.29 is 4.79 Å². The van der Waals surface area contributed by atoms with Crippen LogP contribution in [-0.4, -0.2) is 21.9 Å². The summed E-state index contributed by atoms with van der Waals surface area (Å²) in [5, 5.41) is 3.22. The minimum Gasteiger partial charge on any atom is -0.353 e. The molecule has 150 valence electrons. The number of amides is 1. The van der Waals surface area contributed by atoms with Crippen LogP contribution in [0.25, 0.3) is 0 Å². The summed E-state index contributed by atoms with van der Waals surface area (Å²) in [6.45, 7) is 5.00. The van der Waals surface area contributed by atoms with Crippen molar-refractivity contribution in [3.8, 4) is 0 Å². The number of nitrogens with zero attached hydrogens (tertiary/aromatic N) is 2. The highest BCUT2D eigenvalue weighted by molar-refractivity contribution is 5.96. The van der Waals surface area contributed by atoms with Crippen LogP contribution in [0, 0.1) is 13.8 Å². The molecule has 4 rings (SSSR count). The number of likely N-dealkylation sites (tertiary alicyclic amines) is 1. The molecule has 0 saturated carbocycles. The van der Waals surface area contributed by atoms with Crippen molar-refractivity contribution >= 4 is 11.6 Å². The lowest BCUT2D eigenvalue weighted by Gasteiger charge is -2.33. The predicted molar refractivity (Wildman–Crippen MR) is 118 cm³/mol. The van der Waals surface area contributed by atoms with E-state index in [1.165, 1.54) is 5.69 Å². The van der Waals surface area contributed by atoms with Gasteiger partial charge in [-0.1, -0.05) is 42.5 Å². The number of aromatic nitrogens is 1. The lowest BCUT2D eigenvalue weighted by Crippen LogP contribution is -2.37. The number of nitrogens with one attached hydrogen (secondary N) is 1. The van der Waals surface area contributed by atoms with Crippen LogP contribution in [0.3, 0.4) is 0 Å². The Hall–Kier alpha value is -2.85. The molecule has 1 saturated heterocycles. The Morgan fingerprint density at radius 3 is 2.59 bits per heavy atom. The Bertz CT molecular complexity index is 992. The quantitative estimate of drug-likeness (QED) is 0.657. The topological polar surface area (TPSA) is 37.3 Å². The lowest BCUT2D eigenvalue weighted by molar-refractivity contribution is -0.122. The van der Waals surface area contributed by atoms with E-state index in [1.807, 2.05) is 31.2 Å². The van der Waals surface area contributed by atoms with Crippen LogP contribution in [0.5, 0.6) is 0 Å². The molecule has 1 aliphatic rings. The Morgan fingerprint density at radius 2 is 1.86 bits per heavy atom. The van der Waals surface area contributed by atoms with Crippen molar-refractivity contribution in [3.05, 3.63) is 89.2 Å². The Labute approximate surface area is 173 Å². The maximum absolute atomic E-state index is 13.6. The number of aryl methyl sites for hydroxylation is 3. The van der Waals surface area contributed by atoms with Gasteiger partial charge < -0.3 is 9.88 Å². The molecular weight excluding hydrogens is 358 g/mol. The number of hydrogen-bond acceptors (Lipinski definition) is 2. The second kappa shape index (κ2) is 8.26. The van der Waals surface area contributed by atoms with Crippen molar-refractivity contribution in [3.63, 3.8) is 0 Å². The second-order valence-corrected chi connectivity index (χ2v) is 8.06. The van der Waals surface area contributed by atoms with Crippen molar-refractivity contribution in [1.82, 2.24) is 9.47 Å². The summed E-state index contributed by atoms with van der Waals surface area (Å²) in [7, 11) is 2.08. The molecule has 1 fully saturated rings. The summed E-state index contributed by atoms with van der Waals surface area (Å²) in [5.41, 5.74) is 5.42. The second-order valence-electron chi connectivity index (χ2n) is 8.06. The smallest absolute Gasteiger partial charge is 0.246 e. The molecular formula is C25H29N3O. The van der Waals surface area contributed by atoms with Gasteiger partial charge >= 0.3 is 0 Å². The molecule has 2 atom stereocenters. The predicted octanol–water partition coefficient (Wildman–Crippen LogP) is 5.16. The fourth-order valence-electron chi connectivity index (χ4n) is 4.44. The van der Waals surface area contributed by atoms with Crippen molar-refractivity contribution in [1.29, 1.82) is 0 Å². The SMILES string of the molecule is Cc1ccc(C)c(NC(=O)[C@@H](c2ccccc2)N2CCC[C@H]2c2cccn2C)c1. The van der Waals surface area contributed by atoms with Gasteiger partial charge in [-0.05, 0) is 68.1 Å². The van der Waals surface area contributed by atoms with Crippen LogP contribution in [0.1, 0.15) is 47.3 Å². The zero-order chi connectivity index (χ0) is 20.4. The minimum atomic E-state index is -0.321. The first kappa shape index (κ1) is 19.5. The monoisotopic (exact) mass is 387 g/mol. The highest BCUT2D eigenvalue weighted by atomic mass is 16.2. The molecule has 2 aromatic carbocycles. The van der Waals surface area contributed by atoms with E-state index in [-0.39, 0.29) is 18.0 Å². The number of benzene rings is 2. The van der Waals surface area contributed by atoms with Gasteiger partial charge in [-0.3, -0.25) is 9.69 Å². The van der Waals surface area contributed by atoms with E-state index < -0.39 is 0 Å². The maximum atomic E-state index is 13.6. The van der Waals surface area contributed by atoms with E-state index in [2.05, 4.69) is 71.4 Å². The van der Waals surface area contributed by atoms with E-state index in [0.29, 0.717) is 0 Å². The van der Waals surface area contributed by atoms with Crippen molar-refractivity contribution in [2.45, 2.75) is 38.8 Å². The van der Waals surface area contributed by atoms with Gasteiger partial charge in [0.2, 0.25) is 5.91 Å². The molecule has 0 bridgehead atoms. The molecule has 1 aromatic heterocycles. The summed E-state index contributed by atoms with van der Waals surface area (Å²) in [4.78, 5) is 16.0. The molecule has 4 heteroatoms. The van der Waals surface area contributed by atoms with Gasteiger partial charge in [0.1, 0.15) is 6.04 Å². The van der Waals surface area contributed by atoms with Crippen LogP contribution in [0.15, 0.2) is 66.9 Å². The van der Waals surface area contributed by atoms with Gasteiger partial charge in [0, 0.05) is 24.6 Å². The summed E-state index contributed by atoms with van der Waals surface area (Å²) in [5.74, 6) is 0.0333. The zero-order valence-electron chi connectivity index (χ0n) is 17.4. The van der Waals surface area contributed by atoms with Gasteiger partial charge in [-0.25, -0.2) is 0 Å². The zero-order valence-corrected chi connectivity index (χ0v) is 17.4. The number of rotatable bonds is 5. The van der Waals surface area contributed by atoms with Crippen LogP contribution in [0.2, 0.25) is 0 Å². The van der Waals surface area contributed by atoms with Gasteiger partial charge in [0.05, 0.1) is 6.04 Å². The van der Waals surface area contributed by atoms with E-state index in [1.54, 1.807) is 0 Å². The largest absolute Gasteiger partial charge is 0.353 e. The van der Waals surface area contributed by atoms with Crippen molar-refractivity contribution in [2.75, 3.05) is 11.9 Å². The molecule has 0 unspecified atom stereocenters. The normalized spacial score (nSPS) is 18.0. The summed E-state index contributed by atoms with van der Waals surface area (Å²) < 4.78 is 2.17. The molecule has 1 aliphatic heterocycles. The highest BCUT2D eigenvalue weighted by Gasteiger charge is 2.37. The average Bonchev–Trinajstić information content (AvgIpc) is 3.34. The standard InChI is InChI=1S/C25H29N3O/c1-18-13-14-19(2)21(17-18)26-25(29)24(20-9-5-4-6-10-20)28-16-8-12-23(28)22-11-7-15-27(22)3/h4-7,9-11,13-15,17,23-24H,8,12,16H2,1-3H3,(H,26,29)/t23-,24+/m0/s1. The molecule has 1 amide bonds. The third-order valence-electron chi connectivity index (χ3n) is 5.97. The van der Waals surface area contributed by atoms with E-state index >= 15 is 0 Å². The first-order valence-corrected chi connectivity index (χ1v) is 10.3. The van der Waals surface area contributed by atoms with Crippen LogP contribution in [-0.2, 0) is 11.8 Å². The van der Waals surface area contributed by atoms with Crippen LogP contribution in [0.4, 0.5) is 5.69 Å². The lowest BCUT2D eigenvalue weighted by atomic mass is 10.0. The first-order chi connectivity index (χ1) is 14.0. The number of hydrogen-bond donors (Lipinski definition) is 1. The Kier molecular flexibility index (Phi) is 5.54. The Balaban J connectivity index is 1.69.